The molecule has 2 amide bonds. The molecule has 0 saturated heterocycles. The average molecular weight is 564 g/mol. The molecule has 7 nitrogen and oxygen atoms in total. The summed E-state index contributed by atoms with van der Waals surface area (Å²) >= 11 is 0. The van der Waals surface area contributed by atoms with Crippen LogP contribution in [-0.2, 0) is 32.6 Å². The molecule has 214 valence electrons. The number of sulfonamides is 1. The van der Waals surface area contributed by atoms with Crippen LogP contribution in [0.3, 0.4) is 0 Å². The molecule has 0 fully saturated rings. The van der Waals surface area contributed by atoms with Gasteiger partial charge < -0.3 is 10.2 Å². The van der Waals surface area contributed by atoms with E-state index in [1.165, 1.54) is 10.6 Å². The van der Waals surface area contributed by atoms with Crippen molar-refractivity contribution in [1.82, 2.24) is 10.2 Å². The van der Waals surface area contributed by atoms with E-state index in [0.717, 1.165) is 22.3 Å². The summed E-state index contributed by atoms with van der Waals surface area (Å²) in [6, 6.07) is 24.1. The molecule has 0 unspecified atom stereocenters. The summed E-state index contributed by atoms with van der Waals surface area (Å²) in [5.41, 5.74) is 4.43. The van der Waals surface area contributed by atoms with E-state index in [9.17, 15) is 18.0 Å². The van der Waals surface area contributed by atoms with Gasteiger partial charge in [0.1, 0.15) is 6.04 Å². The molecule has 3 rings (SSSR count). The van der Waals surface area contributed by atoms with Gasteiger partial charge in [-0.25, -0.2) is 8.42 Å². The van der Waals surface area contributed by atoms with E-state index < -0.39 is 16.1 Å². The third kappa shape index (κ3) is 8.95. The topological polar surface area (TPSA) is 86.8 Å². The number of hydrogen-bond acceptors (Lipinski definition) is 4. The number of para-hydroxylation sites is 1. The summed E-state index contributed by atoms with van der Waals surface area (Å²) < 4.78 is 26.6. The van der Waals surface area contributed by atoms with Crippen molar-refractivity contribution in [3.8, 4) is 0 Å². The van der Waals surface area contributed by atoms with Gasteiger partial charge in [-0.05, 0) is 56.9 Å². The summed E-state index contributed by atoms with van der Waals surface area (Å²) in [6.07, 6.45) is 1.96. The standard InChI is InChI=1S/C32H41N3O4S/c1-24(2)33-32(37)30(22-27-13-7-6-8-14-27)34(23-28-19-17-25(3)18-20-28)31(36)16-11-21-35(40(5,38)39)29-15-10-9-12-26(29)4/h6-10,12-15,17-20,24,30H,11,16,21-23H2,1-5H3,(H,33,37)/t30-/m0/s1. The van der Waals surface area contributed by atoms with Crippen LogP contribution in [0.4, 0.5) is 5.69 Å². The van der Waals surface area contributed by atoms with Crippen LogP contribution < -0.4 is 9.62 Å². The molecule has 0 radical (unpaired) electrons. The highest BCUT2D eigenvalue weighted by molar-refractivity contribution is 7.92. The molecular weight excluding hydrogens is 522 g/mol. The predicted molar refractivity (Wildman–Crippen MR) is 162 cm³/mol. The number of hydrogen-bond donors (Lipinski definition) is 1. The lowest BCUT2D eigenvalue weighted by molar-refractivity contribution is -0.141. The Kier molecular flexibility index (Phi) is 10.9. The number of benzene rings is 3. The SMILES string of the molecule is Cc1ccc(CN(C(=O)CCCN(c2ccccc2C)S(C)(=O)=O)[C@@H](Cc2ccccc2)C(=O)NC(C)C)cc1. The maximum Gasteiger partial charge on any atom is 0.243 e. The van der Waals surface area contributed by atoms with Crippen LogP contribution in [0.25, 0.3) is 0 Å². The lowest BCUT2D eigenvalue weighted by Crippen LogP contribution is -2.51. The van der Waals surface area contributed by atoms with Gasteiger partial charge in [0.2, 0.25) is 21.8 Å². The molecule has 0 aromatic heterocycles. The first-order valence-corrected chi connectivity index (χ1v) is 15.5. The Labute approximate surface area is 239 Å². The molecule has 1 N–H and O–H groups in total. The zero-order valence-corrected chi connectivity index (χ0v) is 24.9. The van der Waals surface area contributed by atoms with Gasteiger partial charge in [0, 0.05) is 32.0 Å². The molecule has 0 spiro atoms. The molecule has 1 atom stereocenters. The molecule has 0 aliphatic rings. The van der Waals surface area contributed by atoms with E-state index in [2.05, 4.69) is 5.32 Å². The number of carbonyl (C=O) groups is 2. The molecule has 0 aliphatic carbocycles. The van der Waals surface area contributed by atoms with Gasteiger partial charge in [0.05, 0.1) is 11.9 Å². The van der Waals surface area contributed by atoms with E-state index in [1.54, 1.807) is 17.0 Å². The Morgan fingerprint density at radius 3 is 2.08 bits per heavy atom. The van der Waals surface area contributed by atoms with Gasteiger partial charge >= 0.3 is 0 Å². The molecule has 0 aliphatic heterocycles. The van der Waals surface area contributed by atoms with Crippen LogP contribution in [0.2, 0.25) is 0 Å². The van der Waals surface area contributed by atoms with Gasteiger partial charge in [0.15, 0.2) is 0 Å². The summed E-state index contributed by atoms with van der Waals surface area (Å²) in [5.74, 6) is -0.407. The lowest BCUT2D eigenvalue weighted by Gasteiger charge is -2.32. The van der Waals surface area contributed by atoms with E-state index in [4.69, 9.17) is 0 Å². The zero-order valence-electron chi connectivity index (χ0n) is 24.1. The monoisotopic (exact) mass is 563 g/mol. The third-order valence-electron chi connectivity index (χ3n) is 6.71. The highest BCUT2D eigenvalue weighted by Crippen LogP contribution is 2.23. The molecule has 0 saturated carbocycles. The Bertz CT molecular complexity index is 1370. The predicted octanol–water partition coefficient (Wildman–Crippen LogP) is 5.01. The first kappa shape index (κ1) is 30.9. The summed E-state index contributed by atoms with van der Waals surface area (Å²) in [4.78, 5) is 29.0. The van der Waals surface area contributed by atoms with Gasteiger partial charge in [-0.1, -0.05) is 78.4 Å². The maximum absolute atomic E-state index is 13.8. The van der Waals surface area contributed by atoms with Crippen LogP contribution in [-0.4, -0.2) is 50.0 Å². The van der Waals surface area contributed by atoms with Crippen molar-refractivity contribution in [1.29, 1.82) is 0 Å². The Morgan fingerprint density at radius 2 is 1.48 bits per heavy atom. The van der Waals surface area contributed by atoms with Gasteiger partial charge in [-0.2, -0.15) is 0 Å². The van der Waals surface area contributed by atoms with Crippen LogP contribution >= 0.6 is 0 Å². The first-order chi connectivity index (χ1) is 19.0. The van der Waals surface area contributed by atoms with Crippen molar-refractivity contribution >= 4 is 27.5 Å². The summed E-state index contributed by atoms with van der Waals surface area (Å²) in [7, 11) is -3.55. The molecular formula is C32H41N3O4S. The Hall–Kier alpha value is -3.65. The Balaban J connectivity index is 1.88. The lowest BCUT2D eigenvalue weighted by atomic mass is 10.0. The number of nitrogens with one attached hydrogen (secondary N) is 1. The van der Waals surface area contributed by atoms with Crippen LogP contribution in [0.1, 0.15) is 48.9 Å². The Morgan fingerprint density at radius 1 is 0.850 bits per heavy atom. The highest BCUT2D eigenvalue weighted by atomic mass is 32.2. The smallest absolute Gasteiger partial charge is 0.243 e. The fraction of sp³-hybridized carbons (Fsp3) is 0.375. The van der Waals surface area contributed by atoms with Crippen molar-refractivity contribution in [3.63, 3.8) is 0 Å². The first-order valence-electron chi connectivity index (χ1n) is 13.7. The van der Waals surface area contributed by atoms with E-state index in [0.29, 0.717) is 18.5 Å². The average Bonchev–Trinajstić information content (AvgIpc) is 2.89. The minimum absolute atomic E-state index is 0.0838. The van der Waals surface area contributed by atoms with Crippen LogP contribution in [0.15, 0.2) is 78.9 Å². The maximum atomic E-state index is 13.8. The van der Waals surface area contributed by atoms with Crippen molar-refractivity contribution in [2.45, 2.75) is 65.6 Å². The molecule has 3 aromatic rings. The second kappa shape index (κ2) is 14.1. The van der Waals surface area contributed by atoms with Gasteiger partial charge in [-0.15, -0.1) is 0 Å². The normalized spacial score (nSPS) is 12.2. The molecule has 0 bridgehead atoms. The second-order valence-corrected chi connectivity index (χ2v) is 12.5. The minimum atomic E-state index is -3.55. The molecule has 3 aromatic carbocycles. The molecule has 0 heterocycles. The van der Waals surface area contributed by atoms with Crippen LogP contribution in [0, 0.1) is 13.8 Å². The zero-order chi connectivity index (χ0) is 29.3. The van der Waals surface area contributed by atoms with E-state index >= 15 is 0 Å². The quantitative estimate of drug-likeness (QED) is 0.317. The number of carbonyl (C=O) groups excluding carboxylic acids is 2. The van der Waals surface area contributed by atoms with E-state index in [-0.39, 0.29) is 37.4 Å². The van der Waals surface area contributed by atoms with Gasteiger partial charge in [0.25, 0.3) is 0 Å². The van der Waals surface area contributed by atoms with E-state index in [1.807, 2.05) is 94.4 Å². The largest absolute Gasteiger partial charge is 0.352 e. The minimum Gasteiger partial charge on any atom is -0.352 e. The number of amides is 2. The summed E-state index contributed by atoms with van der Waals surface area (Å²) in [5, 5.41) is 2.99. The van der Waals surface area contributed by atoms with Gasteiger partial charge in [-0.3, -0.25) is 13.9 Å². The van der Waals surface area contributed by atoms with Crippen molar-refractivity contribution in [2.24, 2.45) is 0 Å². The fourth-order valence-corrected chi connectivity index (χ4v) is 5.67. The highest BCUT2D eigenvalue weighted by Gasteiger charge is 2.31. The van der Waals surface area contributed by atoms with Crippen molar-refractivity contribution in [2.75, 3.05) is 17.1 Å². The van der Waals surface area contributed by atoms with Crippen LogP contribution in [0.5, 0.6) is 0 Å². The number of nitrogens with zero attached hydrogens (tertiary/aromatic N) is 2. The third-order valence-corrected chi connectivity index (χ3v) is 7.89. The number of aryl methyl sites for hydroxylation is 2. The molecule has 40 heavy (non-hydrogen) atoms. The molecule has 8 heteroatoms. The second-order valence-electron chi connectivity index (χ2n) is 10.6. The fourth-order valence-electron chi connectivity index (χ4n) is 4.65. The number of rotatable bonds is 13. The summed E-state index contributed by atoms with van der Waals surface area (Å²) in [6.45, 7) is 8.10. The van der Waals surface area contributed by atoms with Crippen molar-refractivity contribution in [3.05, 3.63) is 101 Å². The number of anilines is 1. The van der Waals surface area contributed by atoms with Crippen molar-refractivity contribution < 1.29 is 18.0 Å².